The van der Waals surface area contributed by atoms with Crippen LogP contribution < -0.4 is 0 Å². The smallest absolute Gasteiger partial charge is 0.0787 e. The predicted octanol–water partition coefficient (Wildman–Crippen LogP) is 14.6. The molecule has 0 saturated heterocycles. The topological polar surface area (TPSA) is 22.8 Å². The lowest BCUT2D eigenvalue weighted by Crippen LogP contribution is -1.96. The van der Waals surface area contributed by atoms with Crippen molar-refractivity contribution in [1.82, 2.24) is 14.1 Å². The molecule has 13 rings (SSSR count). The normalized spacial score (nSPS) is 12.1. The van der Waals surface area contributed by atoms with Crippen LogP contribution in [0.2, 0.25) is 0 Å². The molecule has 3 aromatic heterocycles. The number of aromatic nitrogens is 3. The highest BCUT2D eigenvalue weighted by atomic mass is 15.0. The summed E-state index contributed by atoms with van der Waals surface area (Å²) >= 11 is 0. The highest BCUT2D eigenvalue weighted by Crippen LogP contribution is 2.50. The molecule has 0 radical (unpaired) electrons. The van der Waals surface area contributed by atoms with Gasteiger partial charge >= 0.3 is 0 Å². The molecule has 0 spiro atoms. The second-order valence-corrected chi connectivity index (χ2v) is 15.5. The highest BCUT2D eigenvalue weighted by Gasteiger charge is 2.25. The third-order valence-corrected chi connectivity index (χ3v) is 12.5. The minimum absolute atomic E-state index is 1.02. The maximum Gasteiger partial charge on any atom is 0.0787 e. The number of hydrogen-bond donors (Lipinski definition) is 0. The molecule has 3 nitrogen and oxygen atoms in total. The summed E-state index contributed by atoms with van der Waals surface area (Å²) in [6.07, 6.45) is 2.04. The Kier molecular flexibility index (Phi) is 6.44. The molecule has 3 heterocycles. The first-order valence-corrected chi connectivity index (χ1v) is 20.0. The fourth-order valence-corrected chi connectivity index (χ4v) is 9.95. The summed E-state index contributed by atoms with van der Waals surface area (Å²) in [5, 5.41) is 9.92. The summed E-state index contributed by atoms with van der Waals surface area (Å²) in [5.74, 6) is 0. The molecule has 9 aromatic carbocycles. The third-order valence-electron chi connectivity index (χ3n) is 12.5. The van der Waals surface area contributed by atoms with E-state index in [2.05, 4.69) is 203 Å². The van der Waals surface area contributed by atoms with Gasteiger partial charge in [0, 0.05) is 66.4 Å². The van der Waals surface area contributed by atoms with Crippen LogP contribution in [-0.4, -0.2) is 14.1 Å². The molecular weight excluding hydrogens is 703 g/mol. The summed E-state index contributed by atoms with van der Waals surface area (Å²) in [5.41, 5.74) is 16.7. The first kappa shape index (κ1) is 31.5. The fourth-order valence-electron chi connectivity index (χ4n) is 9.95. The van der Waals surface area contributed by atoms with E-state index in [-0.39, 0.29) is 0 Å². The third kappa shape index (κ3) is 4.36. The molecule has 1 aliphatic rings. The summed E-state index contributed by atoms with van der Waals surface area (Å²) in [6.45, 7) is 0. The van der Waals surface area contributed by atoms with Crippen LogP contribution in [0, 0.1) is 0 Å². The van der Waals surface area contributed by atoms with Gasteiger partial charge in [0.1, 0.15) is 0 Å². The van der Waals surface area contributed by atoms with Gasteiger partial charge in [-0.05, 0) is 87.8 Å². The van der Waals surface area contributed by atoms with Crippen molar-refractivity contribution in [3.63, 3.8) is 0 Å². The van der Waals surface area contributed by atoms with Gasteiger partial charge in [0.15, 0.2) is 0 Å². The summed E-state index contributed by atoms with van der Waals surface area (Å²) in [7, 11) is 0. The van der Waals surface area contributed by atoms with Gasteiger partial charge in [-0.25, -0.2) is 0 Å². The first-order chi connectivity index (χ1) is 28.8. The molecule has 1 aliphatic carbocycles. The van der Waals surface area contributed by atoms with Gasteiger partial charge in [-0.15, -0.1) is 0 Å². The number of pyridine rings is 1. The summed E-state index contributed by atoms with van der Waals surface area (Å²) < 4.78 is 4.83. The number of benzene rings is 9. The van der Waals surface area contributed by atoms with Crippen LogP contribution >= 0.6 is 0 Å². The molecule has 0 amide bonds. The maximum atomic E-state index is 5.16. The van der Waals surface area contributed by atoms with E-state index in [9.17, 15) is 0 Å². The van der Waals surface area contributed by atoms with Gasteiger partial charge in [0.2, 0.25) is 0 Å². The monoisotopic (exact) mass is 735 g/mol. The molecule has 0 fully saturated rings. The average Bonchev–Trinajstić information content (AvgIpc) is 3.94. The highest BCUT2D eigenvalue weighted by molar-refractivity contribution is 6.20. The first-order valence-electron chi connectivity index (χ1n) is 20.0. The fraction of sp³-hybridized carbons (Fsp3) is 0. The van der Waals surface area contributed by atoms with Crippen molar-refractivity contribution in [3.05, 3.63) is 200 Å². The molecular formula is C55H33N3. The number of nitrogens with zero attached hydrogens (tertiary/aromatic N) is 3. The standard InChI is InChI=1S/C55H33N3/c1-2-14-39(15-3-1)57-49-22-8-7-19-44(49)48-32-35(26-29-51(48)57)34-24-27-41-36(30-34)25-28-47-43-18-6-9-23-50(43)58(55(41)47)40-16-10-12-37(31-40)54-53-46-20-5-4-17-42(46)45-21-11-13-38(33-56-54)52(45)53/h1-33H. The van der Waals surface area contributed by atoms with Crippen molar-refractivity contribution < 1.29 is 0 Å². The van der Waals surface area contributed by atoms with Gasteiger partial charge in [-0.1, -0.05) is 140 Å². The predicted molar refractivity (Wildman–Crippen MR) is 243 cm³/mol. The van der Waals surface area contributed by atoms with E-state index in [1.54, 1.807) is 0 Å². The van der Waals surface area contributed by atoms with E-state index >= 15 is 0 Å². The summed E-state index contributed by atoms with van der Waals surface area (Å²) in [6, 6.07) is 71.0. The van der Waals surface area contributed by atoms with E-state index < -0.39 is 0 Å². The van der Waals surface area contributed by atoms with Crippen LogP contribution in [-0.2, 0) is 0 Å². The molecule has 0 unspecified atom stereocenters. The van der Waals surface area contributed by atoms with Crippen LogP contribution in [0.15, 0.2) is 200 Å². The lowest BCUT2D eigenvalue weighted by Gasteiger charge is -2.14. The van der Waals surface area contributed by atoms with Crippen LogP contribution in [0.1, 0.15) is 0 Å². The van der Waals surface area contributed by atoms with Gasteiger partial charge in [0.05, 0.1) is 27.8 Å². The van der Waals surface area contributed by atoms with Gasteiger partial charge < -0.3 is 9.13 Å². The zero-order chi connectivity index (χ0) is 37.9. The van der Waals surface area contributed by atoms with E-state index in [0.717, 1.165) is 16.9 Å². The van der Waals surface area contributed by atoms with Crippen molar-refractivity contribution in [2.45, 2.75) is 0 Å². The molecule has 0 saturated carbocycles. The Balaban J connectivity index is 0.990. The molecule has 268 valence electrons. The van der Waals surface area contributed by atoms with Crippen molar-refractivity contribution in [3.8, 4) is 56.0 Å². The summed E-state index contributed by atoms with van der Waals surface area (Å²) in [4.78, 5) is 5.16. The second-order valence-electron chi connectivity index (χ2n) is 15.5. The Labute approximate surface area is 334 Å². The SMILES string of the molecule is c1ccc(-n2c3ccccc3c3cc(-c4ccc5c(ccc6c7ccccc7n(-c7cccc(-c8ncc9cccc%10c9c8-c8ccccc8-%10)c7)c56)c4)ccc32)cc1. The van der Waals surface area contributed by atoms with Crippen LogP contribution in [0.4, 0.5) is 0 Å². The zero-order valence-electron chi connectivity index (χ0n) is 31.4. The molecule has 12 aromatic rings. The molecule has 58 heavy (non-hydrogen) atoms. The number of hydrogen-bond acceptors (Lipinski definition) is 1. The lowest BCUT2D eigenvalue weighted by atomic mass is 9.97. The number of fused-ring (bicyclic) bond motifs is 11. The van der Waals surface area contributed by atoms with Gasteiger partial charge in [-0.2, -0.15) is 0 Å². The minimum Gasteiger partial charge on any atom is -0.309 e. The van der Waals surface area contributed by atoms with Gasteiger partial charge in [0.25, 0.3) is 0 Å². The maximum absolute atomic E-state index is 5.16. The number of rotatable bonds is 4. The Hall–Kier alpha value is -7.75. The molecule has 0 atom stereocenters. The largest absolute Gasteiger partial charge is 0.309 e. The Morgan fingerprint density at radius 1 is 0.345 bits per heavy atom. The van der Waals surface area contributed by atoms with E-state index in [0.29, 0.717) is 0 Å². The molecule has 0 bridgehead atoms. The van der Waals surface area contributed by atoms with Crippen LogP contribution in [0.25, 0.3) is 121 Å². The van der Waals surface area contributed by atoms with Gasteiger partial charge in [-0.3, -0.25) is 4.98 Å². The zero-order valence-corrected chi connectivity index (χ0v) is 31.4. The van der Waals surface area contributed by atoms with Crippen LogP contribution in [0.5, 0.6) is 0 Å². The Bertz CT molecular complexity index is 3680. The van der Waals surface area contributed by atoms with E-state index in [4.69, 9.17) is 4.98 Å². The average molecular weight is 736 g/mol. The van der Waals surface area contributed by atoms with Crippen molar-refractivity contribution in [2.75, 3.05) is 0 Å². The van der Waals surface area contributed by atoms with E-state index in [1.807, 2.05) is 6.20 Å². The second kappa shape index (κ2) is 11.9. The molecule has 3 heteroatoms. The molecule has 0 N–H and O–H groups in total. The quantitative estimate of drug-likeness (QED) is 0.176. The lowest BCUT2D eigenvalue weighted by molar-refractivity contribution is 1.18. The number of para-hydroxylation sites is 3. The molecule has 0 aliphatic heterocycles. The van der Waals surface area contributed by atoms with E-state index in [1.165, 1.54) is 104 Å². The van der Waals surface area contributed by atoms with Crippen LogP contribution in [0.3, 0.4) is 0 Å². The van der Waals surface area contributed by atoms with Crippen molar-refractivity contribution >= 4 is 65.2 Å². The Morgan fingerprint density at radius 3 is 1.88 bits per heavy atom. The minimum atomic E-state index is 1.02. The van der Waals surface area contributed by atoms with Crippen molar-refractivity contribution in [2.24, 2.45) is 0 Å². The van der Waals surface area contributed by atoms with Crippen molar-refractivity contribution in [1.29, 1.82) is 0 Å². The Morgan fingerprint density at radius 2 is 1.00 bits per heavy atom.